The van der Waals surface area contributed by atoms with Crippen LogP contribution in [0.15, 0.2) is 22.3 Å². The molecule has 0 aliphatic rings. The van der Waals surface area contributed by atoms with Crippen molar-refractivity contribution in [2.75, 3.05) is 0 Å². The molecule has 0 atom stereocenters. The first-order valence-corrected chi connectivity index (χ1v) is 4.42. The third-order valence-corrected chi connectivity index (χ3v) is 2.21. The van der Waals surface area contributed by atoms with E-state index in [-0.39, 0.29) is 11.5 Å². The Morgan fingerprint density at radius 1 is 1.44 bits per heavy atom. The van der Waals surface area contributed by atoms with Crippen molar-refractivity contribution in [3.63, 3.8) is 0 Å². The molecular formula is C9H11N5O2. The highest BCUT2D eigenvalue weighted by Crippen LogP contribution is 2.23. The molecule has 0 aliphatic carbocycles. The monoisotopic (exact) mass is 221 g/mol. The molecule has 1 aromatic carbocycles. The van der Waals surface area contributed by atoms with Crippen molar-refractivity contribution >= 4 is 11.5 Å². The van der Waals surface area contributed by atoms with Gasteiger partial charge in [-0.25, -0.2) is 5.53 Å². The molecule has 16 heavy (non-hydrogen) atoms. The van der Waals surface area contributed by atoms with Crippen LogP contribution < -0.4 is 5.84 Å². The van der Waals surface area contributed by atoms with E-state index in [0.717, 1.165) is 5.56 Å². The first kappa shape index (κ1) is 11.8. The van der Waals surface area contributed by atoms with E-state index in [4.69, 9.17) is 11.4 Å². The zero-order valence-corrected chi connectivity index (χ0v) is 8.89. The van der Waals surface area contributed by atoms with Crippen molar-refractivity contribution in [2.45, 2.75) is 13.8 Å². The van der Waals surface area contributed by atoms with Gasteiger partial charge in [0.25, 0.3) is 5.69 Å². The van der Waals surface area contributed by atoms with Gasteiger partial charge in [-0.05, 0) is 25.5 Å². The highest BCUT2D eigenvalue weighted by molar-refractivity contribution is 6.00. The number of rotatable bonds is 2. The molecule has 0 unspecified atom stereocenters. The van der Waals surface area contributed by atoms with Gasteiger partial charge in [0.2, 0.25) is 0 Å². The van der Waals surface area contributed by atoms with Crippen molar-refractivity contribution in [3.05, 3.63) is 38.9 Å². The number of hydrazone groups is 1. The molecule has 84 valence electrons. The molecule has 7 nitrogen and oxygen atoms in total. The van der Waals surface area contributed by atoms with Gasteiger partial charge in [-0.3, -0.25) is 10.1 Å². The van der Waals surface area contributed by atoms with E-state index >= 15 is 0 Å². The zero-order chi connectivity index (χ0) is 12.3. The maximum atomic E-state index is 10.7. The van der Waals surface area contributed by atoms with Crippen molar-refractivity contribution in [3.8, 4) is 0 Å². The number of amidine groups is 1. The molecule has 0 aliphatic heterocycles. The lowest BCUT2D eigenvalue weighted by Gasteiger charge is -2.05. The summed E-state index contributed by atoms with van der Waals surface area (Å²) in [5.41, 5.74) is 8.52. The number of nitro groups is 1. The first-order valence-electron chi connectivity index (χ1n) is 4.42. The minimum absolute atomic E-state index is 0.0272. The molecule has 0 saturated heterocycles. The number of nitrogens with one attached hydrogen (secondary N) is 1. The number of hydrogen-bond acceptors (Lipinski definition) is 5. The molecule has 0 aromatic heterocycles. The van der Waals surface area contributed by atoms with E-state index in [1.807, 2.05) is 0 Å². The molecule has 0 amide bonds. The number of nitro benzene ring substituents is 1. The summed E-state index contributed by atoms with van der Waals surface area (Å²) in [6.45, 7) is 3.40. The van der Waals surface area contributed by atoms with Gasteiger partial charge in [0, 0.05) is 17.2 Å². The highest BCUT2D eigenvalue weighted by atomic mass is 16.6. The fourth-order valence-electron chi connectivity index (χ4n) is 1.44. The van der Waals surface area contributed by atoms with Crippen molar-refractivity contribution in [1.82, 2.24) is 0 Å². The fraction of sp³-hybridized carbons (Fsp3) is 0.222. The van der Waals surface area contributed by atoms with Crippen molar-refractivity contribution in [2.24, 2.45) is 16.1 Å². The Hall–Kier alpha value is -2.31. The van der Waals surface area contributed by atoms with Gasteiger partial charge in [-0.15, -0.1) is 5.11 Å². The van der Waals surface area contributed by atoms with Gasteiger partial charge in [0.1, 0.15) is 0 Å². The van der Waals surface area contributed by atoms with Crippen LogP contribution in [0.25, 0.3) is 0 Å². The molecule has 0 spiro atoms. The molecule has 3 N–H and O–H groups in total. The van der Waals surface area contributed by atoms with E-state index < -0.39 is 4.92 Å². The van der Waals surface area contributed by atoms with E-state index in [1.54, 1.807) is 19.9 Å². The highest BCUT2D eigenvalue weighted by Gasteiger charge is 2.16. The van der Waals surface area contributed by atoms with E-state index in [2.05, 4.69) is 10.2 Å². The van der Waals surface area contributed by atoms with Crippen LogP contribution in [0, 0.1) is 29.5 Å². The number of hydrogen-bond donors (Lipinski definition) is 2. The Labute approximate surface area is 91.6 Å². The van der Waals surface area contributed by atoms with Crippen LogP contribution in [-0.2, 0) is 0 Å². The van der Waals surface area contributed by atoms with E-state index in [1.165, 1.54) is 6.07 Å². The Morgan fingerprint density at radius 3 is 2.50 bits per heavy atom. The number of nitrogens with zero attached hydrogens (tertiary/aromatic N) is 3. The van der Waals surface area contributed by atoms with Crippen LogP contribution in [-0.4, -0.2) is 10.8 Å². The summed E-state index contributed by atoms with van der Waals surface area (Å²) in [7, 11) is 0. The topological polar surface area (TPSA) is 118 Å². The van der Waals surface area contributed by atoms with Gasteiger partial charge in [0.05, 0.1) is 4.92 Å². The van der Waals surface area contributed by atoms with Crippen molar-refractivity contribution in [1.29, 1.82) is 5.53 Å². The molecule has 0 radical (unpaired) electrons. The van der Waals surface area contributed by atoms with Crippen LogP contribution in [0.3, 0.4) is 0 Å². The second-order valence-electron chi connectivity index (χ2n) is 3.28. The minimum atomic E-state index is -0.490. The molecule has 1 rings (SSSR count). The summed E-state index contributed by atoms with van der Waals surface area (Å²) in [6.07, 6.45) is 0. The summed E-state index contributed by atoms with van der Waals surface area (Å²) in [5.74, 6) is 5.03. The predicted molar refractivity (Wildman–Crippen MR) is 58.4 cm³/mol. The minimum Gasteiger partial charge on any atom is -0.321 e. The SMILES string of the molecule is Cc1cc(C)c([N+](=O)[O-])cc1/C(N=N)=N/N. The predicted octanol–water partition coefficient (Wildman–Crippen LogP) is 1.86. The second kappa shape index (κ2) is 4.47. The number of benzene rings is 1. The van der Waals surface area contributed by atoms with Crippen LogP contribution in [0.2, 0.25) is 0 Å². The quantitative estimate of drug-likeness (QED) is 0.198. The van der Waals surface area contributed by atoms with E-state index in [9.17, 15) is 10.1 Å². The third-order valence-electron chi connectivity index (χ3n) is 2.21. The van der Waals surface area contributed by atoms with E-state index in [0.29, 0.717) is 11.1 Å². The maximum Gasteiger partial charge on any atom is 0.273 e. The second-order valence-corrected chi connectivity index (χ2v) is 3.28. The standard InChI is InChI=1S/C9H11N5O2/c1-5-3-6(2)8(14(15)16)4-7(5)9(12-10)13-11/h3-4,10H,11H2,1-2H3/b12-10?,13-9-. The molecule has 0 heterocycles. The van der Waals surface area contributed by atoms with Gasteiger partial charge in [-0.1, -0.05) is 0 Å². The molecule has 7 heteroatoms. The average Bonchev–Trinajstić information content (AvgIpc) is 2.22. The summed E-state index contributed by atoms with van der Waals surface area (Å²) in [4.78, 5) is 10.3. The van der Waals surface area contributed by atoms with Gasteiger partial charge < -0.3 is 5.84 Å². The third kappa shape index (κ3) is 2.02. The van der Waals surface area contributed by atoms with Crippen LogP contribution in [0.4, 0.5) is 5.69 Å². The van der Waals surface area contributed by atoms with Gasteiger partial charge in [-0.2, -0.15) is 5.10 Å². The largest absolute Gasteiger partial charge is 0.321 e. The summed E-state index contributed by atoms with van der Waals surface area (Å²) in [5, 5.41) is 17.2. The Morgan fingerprint density at radius 2 is 2.06 bits per heavy atom. The molecule has 0 fully saturated rings. The molecule has 0 saturated carbocycles. The molecule has 0 bridgehead atoms. The lowest BCUT2D eigenvalue weighted by atomic mass is 10.0. The van der Waals surface area contributed by atoms with Crippen LogP contribution >= 0.6 is 0 Å². The fourth-order valence-corrected chi connectivity index (χ4v) is 1.44. The number of nitrogens with two attached hydrogens (primary N) is 1. The lowest BCUT2D eigenvalue weighted by Crippen LogP contribution is -2.05. The van der Waals surface area contributed by atoms with Crippen molar-refractivity contribution < 1.29 is 4.92 Å². The summed E-state index contributed by atoms with van der Waals surface area (Å²) < 4.78 is 0. The lowest BCUT2D eigenvalue weighted by molar-refractivity contribution is -0.385. The Balaban J connectivity index is 3.47. The summed E-state index contributed by atoms with van der Waals surface area (Å²) >= 11 is 0. The number of aryl methyl sites for hydroxylation is 2. The average molecular weight is 221 g/mol. The first-order chi connectivity index (χ1) is 7.51. The van der Waals surface area contributed by atoms with Crippen LogP contribution in [0.5, 0.6) is 0 Å². The smallest absolute Gasteiger partial charge is 0.273 e. The van der Waals surface area contributed by atoms with Gasteiger partial charge in [0.15, 0.2) is 5.84 Å². The molecular weight excluding hydrogens is 210 g/mol. The zero-order valence-electron chi connectivity index (χ0n) is 8.89. The molecule has 1 aromatic rings. The summed E-state index contributed by atoms with van der Waals surface area (Å²) in [6, 6.07) is 2.97. The maximum absolute atomic E-state index is 10.7. The Bertz CT molecular complexity index is 481. The Kier molecular flexibility index (Phi) is 3.29. The normalized spacial score (nSPS) is 11.2. The van der Waals surface area contributed by atoms with Crippen LogP contribution in [0.1, 0.15) is 16.7 Å². The van der Waals surface area contributed by atoms with Gasteiger partial charge >= 0.3 is 0 Å².